The van der Waals surface area contributed by atoms with Gasteiger partial charge in [0.15, 0.2) is 10.3 Å². The number of thiazole rings is 2. The fourth-order valence-corrected chi connectivity index (χ4v) is 6.28. The zero-order valence-corrected chi connectivity index (χ0v) is 17.7. The van der Waals surface area contributed by atoms with Crippen LogP contribution < -0.4 is 10.2 Å². The molecule has 0 spiro atoms. The number of carbonyl (C=O) groups is 1. The molecule has 0 bridgehead atoms. The summed E-state index contributed by atoms with van der Waals surface area (Å²) in [6.45, 7) is 3.81. The van der Waals surface area contributed by atoms with E-state index in [9.17, 15) is 4.79 Å². The maximum atomic E-state index is 12.9. The number of aryl methyl sites for hydroxylation is 3. The number of carbonyl (C=O) groups excluding carboxylic acids is 1. The Morgan fingerprint density at radius 1 is 1.18 bits per heavy atom. The fraction of sp³-hybridized carbons (Fsp3) is 0.476. The van der Waals surface area contributed by atoms with Crippen LogP contribution in [0.25, 0.3) is 10.2 Å². The van der Waals surface area contributed by atoms with Crippen molar-refractivity contribution in [2.45, 2.75) is 45.4 Å². The Balaban J connectivity index is 1.29. The number of aromatic nitrogens is 2. The third-order valence-electron chi connectivity index (χ3n) is 5.67. The number of nitrogens with one attached hydrogen (secondary N) is 1. The molecular weight excluding hydrogens is 388 g/mol. The van der Waals surface area contributed by atoms with Crippen molar-refractivity contribution < 1.29 is 4.79 Å². The Morgan fingerprint density at radius 2 is 2.07 bits per heavy atom. The van der Waals surface area contributed by atoms with Gasteiger partial charge in [-0.15, -0.1) is 11.3 Å². The Hall–Kier alpha value is -1.99. The van der Waals surface area contributed by atoms with E-state index in [4.69, 9.17) is 4.98 Å². The van der Waals surface area contributed by atoms with E-state index in [-0.39, 0.29) is 11.8 Å². The molecule has 3 aromatic rings. The van der Waals surface area contributed by atoms with E-state index in [0.29, 0.717) is 0 Å². The Bertz CT molecular complexity index is 1000. The second-order valence-electron chi connectivity index (χ2n) is 7.84. The highest BCUT2D eigenvalue weighted by Crippen LogP contribution is 2.33. The van der Waals surface area contributed by atoms with E-state index in [1.807, 2.05) is 0 Å². The van der Waals surface area contributed by atoms with Crippen LogP contribution in [-0.2, 0) is 17.6 Å². The van der Waals surface area contributed by atoms with E-state index in [1.165, 1.54) is 33.7 Å². The van der Waals surface area contributed by atoms with Crippen molar-refractivity contribution in [3.8, 4) is 0 Å². The maximum Gasteiger partial charge on any atom is 0.231 e. The topological polar surface area (TPSA) is 58.1 Å². The van der Waals surface area contributed by atoms with E-state index >= 15 is 0 Å². The summed E-state index contributed by atoms with van der Waals surface area (Å²) in [5.41, 5.74) is 3.50. The van der Waals surface area contributed by atoms with Gasteiger partial charge < -0.3 is 10.2 Å². The molecule has 1 aromatic carbocycles. The highest BCUT2D eigenvalue weighted by molar-refractivity contribution is 7.22. The first-order chi connectivity index (χ1) is 13.7. The number of anilines is 2. The molecular formula is C21H24N4OS2. The minimum atomic E-state index is -0.0107. The molecule has 146 valence electrons. The van der Waals surface area contributed by atoms with Crippen molar-refractivity contribution in [1.29, 1.82) is 0 Å². The van der Waals surface area contributed by atoms with Gasteiger partial charge in [-0.25, -0.2) is 9.97 Å². The summed E-state index contributed by atoms with van der Waals surface area (Å²) in [5, 5.41) is 4.91. The van der Waals surface area contributed by atoms with Gasteiger partial charge in [0.1, 0.15) is 0 Å². The lowest BCUT2D eigenvalue weighted by Crippen LogP contribution is -2.40. The molecule has 1 atom stereocenters. The van der Waals surface area contributed by atoms with Crippen LogP contribution in [0, 0.1) is 12.8 Å². The first-order valence-electron chi connectivity index (χ1n) is 10.1. The molecule has 1 amide bonds. The summed E-state index contributed by atoms with van der Waals surface area (Å²) in [6, 6.07) is 6.38. The smallest absolute Gasteiger partial charge is 0.231 e. The number of nitrogens with zero attached hydrogens (tertiary/aromatic N) is 3. The molecule has 2 aliphatic rings. The number of hydrogen-bond donors (Lipinski definition) is 1. The van der Waals surface area contributed by atoms with Gasteiger partial charge in [0.05, 0.1) is 21.8 Å². The zero-order valence-electron chi connectivity index (χ0n) is 16.0. The first-order valence-corrected chi connectivity index (χ1v) is 11.7. The standard InChI is InChI=1S/C21H24N4OS2/c1-13-8-9-16-18(11-13)28-21(23-16)25-10-4-5-14(12-25)19(26)24-20-22-15-6-2-3-7-17(15)27-20/h8-9,11,14H,2-7,10,12H2,1H3,(H,22,24,26). The molecule has 0 radical (unpaired) electrons. The molecule has 3 heterocycles. The van der Waals surface area contributed by atoms with Crippen LogP contribution in [0.1, 0.15) is 41.8 Å². The maximum absolute atomic E-state index is 12.9. The highest BCUT2D eigenvalue weighted by atomic mass is 32.1. The average molecular weight is 413 g/mol. The van der Waals surface area contributed by atoms with E-state index in [1.54, 1.807) is 22.7 Å². The van der Waals surface area contributed by atoms with E-state index in [2.05, 4.69) is 40.3 Å². The normalized spacial score (nSPS) is 19.6. The SMILES string of the molecule is Cc1ccc2nc(N3CCCC(C(=O)Nc4nc5c(s4)CCCC5)C3)sc2c1. The van der Waals surface area contributed by atoms with Crippen molar-refractivity contribution in [1.82, 2.24) is 9.97 Å². The molecule has 5 nitrogen and oxygen atoms in total. The van der Waals surface area contributed by atoms with Crippen LogP contribution in [0.2, 0.25) is 0 Å². The van der Waals surface area contributed by atoms with Crippen LogP contribution >= 0.6 is 22.7 Å². The summed E-state index contributed by atoms with van der Waals surface area (Å²) in [7, 11) is 0. The average Bonchev–Trinajstić information content (AvgIpc) is 3.31. The predicted octanol–water partition coefficient (Wildman–Crippen LogP) is 4.80. The Labute approximate surface area is 172 Å². The molecule has 7 heteroatoms. The van der Waals surface area contributed by atoms with Crippen LogP contribution in [0.15, 0.2) is 18.2 Å². The largest absolute Gasteiger partial charge is 0.347 e. The molecule has 1 aliphatic carbocycles. The molecule has 1 aliphatic heterocycles. The number of benzene rings is 1. The molecule has 28 heavy (non-hydrogen) atoms. The Morgan fingerprint density at radius 3 is 2.96 bits per heavy atom. The van der Waals surface area contributed by atoms with Crippen molar-refractivity contribution >= 4 is 49.1 Å². The van der Waals surface area contributed by atoms with Gasteiger partial charge in [-0.05, 0) is 63.1 Å². The van der Waals surface area contributed by atoms with E-state index < -0.39 is 0 Å². The minimum Gasteiger partial charge on any atom is -0.347 e. The van der Waals surface area contributed by atoms with Crippen molar-refractivity contribution in [3.63, 3.8) is 0 Å². The quantitative estimate of drug-likeness (QED) is 0.672. The molecule has 5 rings (SSSR count). The van der Waals surface area contributed by atoms with Crippen molar-refractivity contribution in [2.75, 3.05) is 23.3 Å². The molecule has 2 aromatic heterocycles. The highest BCUT2D eigenvalue weighted by Gasteiger charge is 2.28. The van der Waals surface area contributed by atoms with Gasteiger partial charge in [-0.1, -0.05) is 17.4 Å². The molecule has 1 fully saturated rings. The van der Waals surface area contributed by atoms with Gasteiger partial charge in [0, 0.05) is 18.0 Å². The van der Waals surface area contributed by atoms with Gasteiger partial charge in [-0.2, -0.15) is 0 Å². The number of fused-ring (bicyclic) bond motifs is 2. The number of hydrogen-bond acceptors (Lipinski definition) is 6. The number of rotatable bonds is 3. The van der Waals surface area contributed by atoms with Gasteiger partial charge in [0.2, 0.25) is 5.91 Å². The second-order valence-corrected chi connectivity index (χ2v) is 9.93. The molecule has 1 N–H and O–H groups in total. The van der Waals surface area contributed by atoms with Crippen molar-refractivity contribution in [3.05, 3.63) is 34.3 Å². The summed E-state index contributed by atoms with van der Waals surface area (Å²) in [4.78, 5) is 26.0. The van der Waals surface area contributed by atoms with Crippen LogP contribution in [0.3, 0.4) is 0 Å². The molecule has 1 unspecified atom stereocenters. The van der Waals surface area contributed by atoms with Gasteiger partial charge in [0.25, 0.3) is 0 Å². The lowest BCUT2D eigenvalue weighted by atomic mass is 9.97. The molecule has 0 saturated carbocycles. The fourth-order valence-electron chi connectivity index (χ4n) is 4.13. The van der Waals surface area contributed by atoms with E-state index in [0.717, 1.165) is 54.6 Å². The minimum absolute atomic E-state index is 0.0107. The lowest BCUT2D eigenvalue weighted by molar-refractivity contribution is -0.120. The lowest BCUT2D eigenvalue weighted by Gasteiger charge is -2.31. The molecule has 1 saturated heterocycles. The third kappa shape index (κ3) is 3.53. The van der Waals surface area contributed by atoms with Crippen LogP contribution in [0.5, 0.6) is 0 Å². The monoisotopic (exact) mass is 412 g/mol. The van der Waals surface area contributed by atoms with Gasteiger partial charge in [-0.3, -0.25) is 4.79 Å². The summed E-state index contributed by atoms with van der Waals surface area (Å²) >= 11 is 3.39. The number of amides is 1. The summed E-state index contributed by atoms with van der Waals surface area (Å²) in [5.74, 6) is 0.0937. The van der Waals surface area contributed by atoms with Crippen LogP contribution in [-0.4, -0.2) is 29.0 Å². The zero-order chi connectivity index (χ0) is 19.1. The number of piperidine rings is 1. The predicted molar refractivity (Wildman–Crippen MR) is 117 cm³/mol. The summed E-state index contributed by atoms with van der Waals surface area (Å²) in [6.07, 6.45) is 6.55. The third-order valence-corrected chi connectivity index (χ3v) is 7.82. The second kappa shape index (κ2) is 7.44. The van der Waals surface area contributed by atoms with Crippen molar-refractivity contribution in [2.24, 2.45) is 5.92 Å². The van der Waals surface area contributed by atoms with Gasteiger partial charge >= 0.3 is 0 Å². The first kappa shape index (κ1) is 18.1. The Kier molecular flexibility index (Phi) is 4.80. The summed E-state index contributed by atoms with van der Waals surface area (Å²) < 4.78 is 1.22. The van der Waals surface area contributed by atoms with Crippen LogP contribution in [0.4, 0.5) is 10.3 Å².